The van der Waals surface area contributed by atoms with E-state index >= 15 is 0 Å². The summed E-state index contributed by atoms with van der Waals surface area (Å²) in [7, 11) is 0. The molecule has 0 aromatic heterocycles. The number of rotatable bonds is 2. The molecule has 2 saturated heterocycles. The first-order chi connectivity index (χ1) is 7.16. The van der Waals surface area contributed by atoms with Crippen LogP contribution in [-0.2, 0) is 14.3 Å². The number of nitrogens with one attached hydrogen (secondary N) is 3. The zero-order valence-electron chi connectivity index (χ0n) is 7.91. The van der Waals surface area contributed by atoms with Crippen molar-refractivity contribution in [2.75, 3.05) is 6.54 Å². The average molecular weight is 213 g/mol. The Labute approximate surface area is 85.5 Å². The maximum Gasteiger partial charge on any atom is 0.325 e. The number of urea groups is 1. The first-order valence-electron chi connectivity index (χ1n) is 4.72. The van der Waals surface area contributed by atoms with Gasteiger partial charge in [-0.3, -0.25) is 20.2 Å². The van der Waals surface area contributed by atoms with Gasteiger partial charge in [-0.25, -0.2) is 4.79 Å². The smallest absolute Gasteiger partial charge is 0.325 e. The Balaban J connectivity index is 1.88. The van der Waals surface area contributed by atoms with Gasteiger partial charge in [0.1, 0.15) is 6.04 Å². The number of imide groups is 1. The fourth-order valence-electron chi connectivity index (χ4n) is 1.57. The maximum atomic E-state index is 11.4. The first-order valence-corrected chi connectivity index (χ1v) is 4.72. The summed E-state index contributed by atoms with van der Waals surface area (Å²) in [6.45, 7) is 0.767. The zero-order chi connectivity index (χ0) is 10.8. The minimum Gasteiger partial charge on any atom is -0.431 e. The number of carbonyl (C=O) groups is 3. The Hall–Kier alpha value is -1.63. The SMILES string of the molecule is O=C1NC(=O)C(OC(=O)[C@@H]2CCCN2)N1. The lowest BCUT2D eigenvalue weighted by atomic mass is 10.2. The molecule has 2 heterocycles. The molecule has 0 aromatic carbocycles. The van der Waals surface area contributed by atoms with Gasteiger partial charge in [0.15, 0.2) is 0 Å². The molecule has 0 spiro atoms. The van der Waals surface area contributed by atoms with Crippen molar-refractivity contribution in [3.63, 3.8) is 0 Å². The third-order valence-corrected chi connectivity index (χ3v) is 2.32. The third-order valence-electron chi connectivity index (χ3n) is 2.32. The standard InChI is InChI=1S/C8H11N3O4/c12-5-6(11-8(14)10-5)15-7(13)4-2-1-3-9-4/h4,6,9H,1-3H2,(H2,10,11,12,14)/t4-,6?/m0/s1. The summed E-state index contributed by atoms with van der Waals surface area (Å²) in [6, 6.07) is -1.01. The van der Waals surface area contributed by atoms with Gasteiger partial charge in [0.25, 0.3) is 12.1 Å². The van der Waals surface area contributed by atoms with Crippen LogP contribution in [0.1, 0.15) is 12.8 Å². The first kappa shape index (κ1) is 9.91. The van der Waals surface area contributed by atoms with Gasteiger partial charge in [0.2, 0.25) is 0 Å². The van der Waals surface area contributed by atoms with Crippen LogP contribution in [0.15, 0.2) is 0 Å². The van der Waals surface area contributed by atoms with Crippen molar-refractivity contribution >= 4 is 17.9 Å². The van der Waals surface area contributed by atoms with Crippen LogP contribution in [0.25, 0.3) is 0 Å². The van der Waals surface area contributed by atoms with Crippen LogP contribution in [0.3, 0.4) is 0 Å². The Morgan fingerprint density at radius 2 is 2.20 bits per heavy atom. The molecule has 2 aliphatic heterocycles. The number of carbonyl (C=O) groups excluding carboxylic acids is 3. The second-order valence-corrected chi connectivity index (χ2v) is 3.43. The van der Waals surface area contributed by atoms with Crippen molar-refractivity contribution in [3.05, 3.63) is 0 Å². The predicted molar refractivity (Wildman–Crippen MR) is 47.6 cm³/mol. The summed E-state index contributed by atoms with van der Waals surface area (Å²) in [5, 5.41) is 7.10. The molecule has 0 aromatic rings. The summed E-state index contributed by atoms with van der Waals surface area (Å²) in [5.41, 5.74) is 0. The Morgan fingerprint density at radius 1 is 1.40 bits per heavy atom. The van der Waals surface area contributed by atoms with E-state index in [1.807, 2.05) is 5.32 Å². The molecule has 3 N–H and O–H groups in total. The van der Waals surface area contributed by atoms with Crippen molar-refractivity contribution < 1.29 is 19.1 Å². The Kier molecular flexibility index (Phi) is 2.55. The molecule has 7 nitrogen and oxygen atoms in total. The largest absolute Gasteiger partial charge is 0.431 e. The van der Waals surface area contributed by atoms with Crippen LogP contribution < -0.4 is 16.0 Å². The van der Waals surface area contributed by atoms with E-state index in [9.17, 15) is 14.4 Å². The van der Waals surface area contributed by atoms with Crippen molar-refractivity contribution in [3.8, 4) is 0 Å². The number of amides is 3. The van der Waals surface area contributed by atoms with E-state index < -0.39 is 24.1 Å². The van der Waals surface area contributed by atoms with E-state index in [-0.39, 0.29) is 6.04 Å². The Morgan fingerprint density at radius 3 is 2.73 bits per heavy atom. The lowest BCUT2D eigenvalue weighted by Gasteiger charge is -2.13. The van der Waals surface area contributed by atoms with E-state index in [4.69, 9.17) is 4.74 Å². The van der Waals surface area contributed by atoms with Crippen LogP contribution in [0.4, 0.5) is 4.79 Å². The van der Waals surface area contributed by atoms with E-state index in [0.29, 0.717) is 6.42 Å². The quantitative estimate of drug-likeness (QED) is 0.381. The van der Waals surface area contributed by atoms with Crippen LogP contribution in [0.5, 0.6) is 0 Å². The second kappa shape index (κ2) is 3.85. The fraction of sp³-hybridized carbons (Fsp3) is 0.625. The normalized spacial score (nSPS) is 29.9. The second-order valence-electron chi connectivity index (χ2n) is 3.43. The summed E-state index contributed by atoms with van der Waals surface area (Å²) < 4.78 is 4.83. The molecule has 0 saturated carbocycles. The minimum atomic E-state index is -1.19. The third kappa shape index (κ3) is 2.07. The molecule has 7 heteroatoms. The molecule has 82 valence electrons. The number of hydrogen-bond donors (Lipinski definition) is 3. The number of esters is 1. The van der Waals surface area contributed by atoms with Gasteiger partial charge in [-0.05, 0) is 19.4 Å². The topological polar surface area (TPSA) is 96.5 Å². The molecular weight excluding hydrogens is 202 g/mol. The van der Waals surface area contributed by atoms with Gasteiger partial charge in [-0.15, -0.1) is 0 Å². The zero-order valence-corrected chi connectivity index (χ0v) is 7.91. The van der Waals surface area contributed by atoms with E-state index in [2.05, 4.69) is 10.6 Å². The van der Waals surface area contributed by atoms with Crippen LogP contribution in [0.2, 0.25) is 0 Å². The van der Waals surface area contributed by atoms with E-state index in [1.165, 1.54) is 0 Å². The minimum absolute atomic E-state index is 0.365. The molecule has 2 fully saturated rings. The van der Waals surface area contributed by atoms with E-state index in [1.54, 1.807) is 0 Å². The summed E-state index contributed by atoms with van der Waals surface area (Å²) in [4.78, 5) is 33.2. The van der Waals surface area contributed by atoms with Crippen molar-refractivity contribution in [2.24, 2.45) is 0 Å². The fourth-order valence-corrected chi connectivity index (χ4v) is 1.57. The molecular formula is C8H11N3O4. The van der Waals surface area contributed by atoms with Gasteiger partial charge in [-0.1, -0.05) is 0 Å². The predicted octanol–water partition coefficient (Wildman–Crippen LogP) is -1.55. The molecule has 0 aliphatic carbocycles. The van der Waals surface area contributed by atoms with Gasteiger partial charge < -0.3 is 10.1 Å². The Bertz CT molecular complexity index is 311. The summed E-state index contributed by atoms with van der Waals surface area (Å²) in [5.74, 6) is -1.14. The monoisotopic (exact) mass is 213 g/mol. The van der Waals surface area contributed by atoms with Gasteiger partial charge in [-0.2, -0.15) is 0 Å². The molecule has 2 rings (SSSR count). The van der Waals surface area contributed by atoms with E-state index in [0.717, 1.165) is 13.0 Å². The van der Waals surface area contributed by atoms with Crippen molar-refractivity contribution in [2.45, 2.75) is 25.1 Å². The van der Waals surface area contributed by atoms with Gasteiger partial charge in [0.05, 0.1) is 0 Å². The number of hydrogen-bond acceptors (Lipinski definition) is 5. The molecule has 2 aliphatic rings. The molecule has 3 amide bonds. The van der Waals surface area contributed by atoms with Gasteiger partial charge in [0, 0.05) is 0 Å². The molecule has 15 heavy (non-hydrogen) atoms. The van der Waals surface area contributed by atoms with Crippen LogP contribution in [-0.4, -0.2) is 36.7 Å². The molecule has 2 atom stereocenters. The highest BCUT2D eigenvalue weighted by Gasteiger charge is 2.35. The van der Waals surface area contributed by atoms with Crippen molar-refractivity contribution in [1.29, 1.82) is 0 Å². The van der Waals surface area contributed by atoms with Crippen molar-refractivity contribution in [1.82, 2.24) is 16.0 Å². The average Bonchev–Trinajstić information content (AvgIpc) is 2.76. The highest BCUT2D eigenvalue weighted by molar-refractivity contribution is 6.04. The summed E-state index contributed by atoms with van der Waals surface area (Å²) >= 11 is 0. The molecule has 0 bridgehead atoms. The molecule has 0 radical (unpaired) electrons. The highest BCUT2D eigenvalue weighted by Crippen LogP contribution is 2.08. The maximum absolute atomic E-state index is 11.4. The number of ether oxygens (including phenoxy) is 1. The van der Waals surface area contributed by atoms with Crippen LogP contribution in [0, 0.1) is 0 Å². The molecule has 1 unspecified atom stereocenters. The lowest BCUT2D eigenvalue weighted by Crippen LogP contribution is -2.40. The van der Waals surface area contributed by atoms with Gasteiger partial charge >= 0.3 is 12.0 Å². The lowest BCUT2D eigenvalue weighted by molar-refractivity contribution is -0.156. The van der Waals surface area contributed by atoms with Crippen LogP contribution >= 0.6 is 0 Å². The highest BCUT2D eigenvalue weighted by atomic mass is 16.6. The summed E-state index contributed by atoms with van der Waals surface area (Å²) in [6.07, 6.45) is 0.414.